The molecule has 0 radical (unpaired) electrons. The SMILES string of the molecule is CC(C)(C)OC(=O)NCC1CCN(CCCN(N)/C=C\N)CC1. The summed E-state index contributed by atoms with van der Waals surface area (Å²) in [6.07, 6.45) is 6.02. The molecule has 0 unspecified atom stereocenters. The van der Waals surface area contributed by atoms with Gasteiger partial charge in [0.05, 0.1) is 0 Å². The average molecular weight is 327 g/mol. The second-order valence-corrected chi connectivity index (χ2v) is 7.10. The van der Waals surface area contributed by atoms with Crippen LogP contribution in [0.15, 0.2) is 12.4 Å². The molecule has 7 nitrogen and oxygen atoms in total. The monoisotopic (exact) mass is 327 g/mol. The van der Waals surface area contributed by atoms with Crippen molar-refractivity contribution in [1.29, 1.82) is 0 Å². The number of nitrogens with two attached hydrogens (primary N) is 2. The molecule has 7 heteroatoms. The Balaban J connectivity index is 2.12. The first-order chi connectivity index (χ1) is 10.8. The molecule has 0 atom stereocenters. The van der Waals surface area contributed by atoms with Gasteiger partial charge in [-0.1, -0.05) is 0 Å². The van der Waals surface area contributed by atoms with Gasteiger partial charge in [-0.3, -0.25) is 0 Å². The quantitative estimate of drug-likeness (QED) is 0.480. The molecule has 1 amide bonds. The van der Waals surface area contributed by atoms with E-state index in [4.69, 9.17) is 16.3 Å². The predicted molar refractivity (Wildman–Crippen MR) is 92.2 cm³/mol. The highest BCUT2D eigenvalue weighted by molar-refractivity contribution is 5.67. The van der Waals surface area contributed by atoms with Crippen molar-refractivity contribution < 1.29 is 9.53 Å². The second kappa shape index (κ2) is 9.62. The first-order valence-corrected chi connectivity index (χ1v) is 8.39. The van der Waals surface area contributed by atoms with E-state index in [-0.39, 0.29) is 6.09 Å². The van der Waals surface area contributed by atoms with Gasteiger partial charge < -0.3 is 25.7 Å². The van der Waals surface area contributed by atoms with Crippen LogP contribution >= 0.6 is 0 Å². The van der Waals surface area contributed by atoms with Crippen molar-refractivity contribution in [2.75, 3.05) is 32.7 Å². The van der Waals surface area contributed by atoms with Crippen LogP contribution in [0.1, 0.15) is 40.0 Å². The van der Waals surface area contributed by atoms with Gasteiger partial charge in [0.1, 0.15) is 5.60 Å². The fourth-order valence-electron chi connectivity index (χ4n) is 2.62. The molecule has 1 fully saturated rings. The first kappa shape index (κ1) is 19.6. The van der Waals surface area contributed by atoms with Gasteiger partial charge in [-0.25, -0.2) is 10.6 Å². The Bertz CT molecular complexity index is 373. The molecule has 1 heterocycles. The Morgan fingerprint density at radius 2 is 2.04 bits per heavy atom. The van der Waals surface area contributed by atoms with Crippen LogP contribution < -0.4 is 16.9 Å². The number of hydrogen-bond acceptors (Lipinski definition) is 6. The molecule has 1 aliphatic rings. The molecule has 5 N–H and O–H groups in total. The fraction of sp³-hybridized carbons (Fsp3) is 0.812. The lowest BCUT2D eigenvalue weighted by atomic mass is 9.97. The fourth-order valence-corrected chi connectivity index (χ4v) is 2.62. The van der Waals surface area contributed by atoms with E-state index in [0.717, 1.165) is 45.4 Å². The average Bonchev–Trinajstić information content (AvgIpc) is 2.45. The number of rotatable bonds is 7. The Kier molecular flexibility index (Phi) is 8.19. The molecule has 134 valence electrons. The number of hydrogen-bond donors (Lipinski definition) is 3. The van der Waals surface area contributed by atoms with Crippen LogP contribution in [-0.4, -0.2) is 54.3 Å². The maximum absolute atomic E-state index is 11.6. The van der Waals surface area contributed by atoms with Crippen LogP contribution in [0.5, 0.6) is 0 Å². The summed E-state index contributed by atoms with van der Waals surface area (Å²) in [5, 5.41) is 4.48. The zero-order valence-electron chi connectivity index (χ0n) is 14.8. The zero-order valence-corrected chi connectivity index (χ0v) is 14.8. The number of carbonyl (C=O) groups excluding carboxylic acids is 1. The summed E-state index contributed by atoms with van der Waals surface area (Å²) < 4.78 is 5.25. The third-order valence-electron chi connectivity index (χ3n) is 3.81. The molecule has 23 heavy (non-hydrogen) atoms. The summed E-state index contributed by atoms with van der Waals surface area (Å²) in [5.74, 6) is 6.26. The van der Waals surface area contributed by atoms with Crippen molar-refractivity contribution in [3.05, 3.63) is 12.4 Å². The summed E-state index contributed by atoms with van der Waals surface area (Å²) in [4.78, 5) is 14.1. The van der Waals surface area contributed by atoms with Gasteiger partial charge in [-0.05, 0) is 65.6 Å². The number of likely N-dealkylation sites (tertiary alicyclic amines) is 1. The van der Waals surface area contributed by atoms with Crippen LogP contribution in [0.25, 0.3) is 0 Å². The second-order valence-electron chi connectivity index (χ2n) is 7.10. The van der Waals surface area contributed by atoms with Gasteiger partial charge in [-0.2, -0.15) is 0 Å². The summed E-state index contributed by atoms with van der Waals surface area (Å²) >= 11 is 0. The molecule has 0 saturated carbocycles. The molecule has 1 aliphatic heterocycles. The van der Waals surface area contributed by atoms with Gasteiger partial charge in [0.2, 0.25) is 0 Å². The van der Waals surface area contributed by atoms with E-state index in [1.807, 2.05) is 20.8 Å². The lowest BCUT2D eigenvalue weighted by Gasteiger charge is -2.32. The number of hydrazine groups is 1. The molecular weight excluding hydrogens is 294 g/mol. The normalized spacial score (nSPS) is 17.4. The molecular formula is C16H33N5O2. The van der Waals surface area contributed by atoms with Gasteiger partial charge in [0.25, 0.3) is 0 Å². The summed E-state index contributed by atoms with van der Waals surface area (Å²) in [5.41, 5.74) is 4.85. The summed E-state index contributed by atoms with van der Waals surface area (Å²) in [7, 11) is 0. The number of alkyl carbamates (subject to hydrolysis) is 1. The Morgan fingerprint density at radius 1 is 1.39 bits per heavy atom. The maximum atomic E-state index is 11.6. The molecule has 0 bridgehead atoms. The van der Waals surface area contributed by atoms with Crippen molar-refractivity contribution in [1.82, 2.24) is 15.2 Å². The minimum Gasteiger partial charge on any atom is -0.444 e. The standard InChI is InChI=1S/C16H33N5O2/c1-16(2,3)23-15(22)19-13-14-5-10-20(11-6-14)8-4-9-21(18)12-7-17/h7,12,14H,4-6,8-11,13,17-18H2,1-3H3,(H,19,22)/b12-7-. The molecule has 0 aromatic rings. The predicted octanol–water partition coefficient (Wildman–Crippen LogP) is 1.22. The Labute approximate surface area is 140 Å². The van der Waals surface area contributed by atoms with Crippen molar-refractivity contribution in [2.45, 2.75) is 45.6 Å². The van der Waals surface area contributed by atoms with Gasteiger partial charge in [0, 0.05) is 25.5 Å². The summed E-state index contributed by atoms with van der Waals surface area (Å²) in [6.45, 7) is 10.3. The van der Waals surface area contributed by atoms with E-state index in [0.29, 0.717) is 12.5 Å². The number of nitrogens with zero attached hydrogens (tertiary/aromatic N) is 2. The zero-order chi connectivity index (χ0) is 17.3. The first-order valence-electron chi connectivity index (χ1n) is 8.39. The largest absolute Gasteiger partial charge is 0.444 e. The number of nitrogens with one attached hydrogen (secondary N) is 1. The van der Waals surface area contributed by atoms with Gasteiger partial charge in [0.15, 0.2) is 0 Å². The van der Waals surface area contributed by atoms with E-state index in [1.165, 1.54) is 6.20 Å². The minimum absolute atomic E-state index is 0.323. The van der Waals surface area contributed by atoms with Crippen LogP contribution in [0.2, 0.25) is 0 Å². The van der Waals surface area contributed by atoms with E-state index < -0.39 is 5.60 Å². The number of ether oxygens (including phenoxy) is 1. The molecule has 0 aliphatic carbocycles. The van der Waals surface area contributed by atoms with E-state index >= 15 is 0 Å². The van der Waals surface area contributed by atoms with E-state index in [9.17, 15) is 4.79 Å². The molecule has 0 aromatic heterocycles. The van der Waals surface area contributed by atoms with Crippen LogP contribution in [0.3, 0.4) is 0 Å². The topological polar surface area (TPSA) is 96.8 Å². The third kappa shape index (κ3) is 9.30. The molecule has 1 rings (SSSR count). The Hall–Kier alpha value is -1.47. The van der Waals surface area contributed by atoms with E-state index in [2.05, 4.69) is 10.2 Å². The lowest BCUT2D eigenvalue weighted by molar-refractivity contribution is 0.0509. The number of piperidine rings is 1. The molecule has 0 aromatic carbocycles. The number of carbonyl (C=O) groups is 1. The highest BCUT2D eigenvalue weighted by Gasteiger charge is 2.21. The molecule has 1 saturated heterocycles. The van der Waals surface area contributed by atoms with Crippen LogP contribution in [0.4, 0.5) is 4.79 Å². The Morgan fingerprint density at radius 3 is 2.61 bits per heavy atom. The smallest absolute Gasteiger partial charge is 0.407 e. The van der Waals surface area contributed by atoms with Crippen molar-refractivity contribution in [3.63, 3.8) is 0 Å². The minimum atomic E-state index is -0.441. The highest BCUT2D eigenvalue weighted by atomic mass is 16.6. The maximum Gasteiger partial charge on any atom is 0.407 e. The van der Waals surface area contributed by atoms with Crippen molar-refractivity contribution in [3.8, 4) is 0 Å². The number of amides is 1. The summed E-state index contributed by atoms with van der Waals surface area (Å²) in [6, 6.07) is 0. The molecule has 0 spiro atoms. The van der Waals surface area contributed by atoms with Crippen LogP contribution in [-0.2, 0) is 4.74 Å². The van der Waals surface area contributed by atoms with Gasteiger partial charge in [-0.15, -0.1) is 0 Å². The highest BCUT2D eigenvalue weighted by Crippen LogP contribution is 2.17. The van der Waals surface area contributed by atoms with Crippen LogP contribution in [0, 0.1) is 5.92 Å². The van der Waals surface area contributed by atoms with Crippen molar-refractivity contribution >= 4 is 6.09 Å². The van der Waals surface area contributed by atoms with Crippen molar-refractivity contribution in [2.24, 2.45) is 17.5 Å². The van der Waals surface area contributed by atoms with Gasteiger partial charge >= 0.3 is 6.09 Å². The lowest BCUT2D eigenvalue weighted by Crippen LogP contribution is -2.41. The van der Waals surface area contributed by atoms with E-state index in [1.54, 1.807) is 11.2 Å². The third-order valence-corrected chi connectivity index (χ3v) is 3.81.